The summed E-state index contributed by atoms with van der Waals surface area (Å²) >= 11 is 0. The van der Waals surface area contributed by atoms with E-state index in [2.05, 4.69) is 4.99 Å². The van der Waals surface area contributed by atoms with Crippen LogP contribution in [-0.2, 0) is 9.84 Å². The van der Waals surface area contributed by atoms with Gasteiger partial charge in [-0.25, -0.2) is 13.4 Å². The van der Waals surface area contributed by atoms with Crippen LogP contribution in [0.25, 0.3) is 0 Å². The third-order valence-corrected chi connectivity index (χ3v) is 2.85. The fourth-order valence-electron chi connectivity index (χ4n) is 0.873. The van der Waals surface area contributed by atoms with E-state index in [0.29, 0.717) is 5.70 Å². The first kappa shape index (κ1) is 8.26. The lowest BCUT2D eigenvalue weighted by Gasteiger charge is -2.09. The van der Waals surface area contributed by atoms with Crippen LogP contribution >= 0.6 is 0 Å². The number of sulfone groups is 1. The molecule has 0 unspecified atom stereocenters. The van der Waals surface area contributed by atoms with Crippen LogP contribution in [0, 0.1) is 0 Å². The minimum absolute atomic E-state index is 0.120. The Bertz CT molecular complexity index is 324. The molecule has 0 atom stereocenters. The topological polar surface area (TPSA) is 49.7 Å². The molecule has 0 amide bonds. The first-order valence-corrected chi connectivity index (χ1v) is 4.67. The number of amidine groups is 1. The Morgan fingerprint density at radius 1 is 1.45 bits per heavy atom. The van der Waals surface area contributed by atoms with Crippen LogP contribution in [-0.4, -0.2) is 32.6 Å². The summed E-state index contributed by atoms with van der Waals surface area (Å²) in [6.07, 6.45) is 0. The highest BCUT2D eigenvalue weighted by molar-refractivity contribution is 8.09. The van der Waals surface area contributed by atoms with E-state index in [4.69, 9.17) is 0 Å². The van der Waals surface area contributed by atoms with Crippen LogP contribution < -0.4 is 0 Å². The second-order valence-electron chi connectivity index (χ2n) is 2.59. The van der Waals surface area contributed by atoms with E-state index >= 15 is 0 Å². The Hall–Kier alpha value is -0.840. The van der Waals surface area contributed by atoms with Crippen molar-refractivity contribution in [1.82, 2.24) is 4.90 Å². The normalized spacial score (nSPS) is 21.0. The number of nitrogens with zero attached hydrogens (tertiary/aromatic N) is 2. The first-order chi connectivity index (χ1) is 4.93. The molecule has 0 saturated heterocycles. The molecule has 1 aliphatic heterocycles. The van der Waals surface area contributed by atoms with Crippen molar-refractivity contribution in [1.29, 1.82) is 0 Å². The van der Waals surface area contributed by atoms with E-state index in [1.807, 2.05) is 0 Å². The van der Waals surface area contributed by atoms with Crippen molar-refractivity contribution in [3.8, 4) is 0 Å². The van der Waals surface area contributed by atoms with Crippen LogP contribution in [0.2, 0.25) is 0 Å². The monoisotopic (exact) mass is 174 g/mol. The van der Waals surface area contributed by atoms with Crippen LogP contribution in [0.15, 0.2) is 16.1 Å². The maximum Gasteiger partial charge on any atom is 0.234 e. The van der Waals surface area contributed by atoms with Gasteiger partial charge in [-0.3, -0.25) is 0 Å². The van der Waals surface area contributed by atoms with Crippen molar-refractivity contribution in [3.63, 3.8) is 0 Å². The molecule has 62 valence electrons. The highest BCUT2D eigenvalue weighted by Crippen LogP contribution is 2.14. The van der Waals surface area contributed by atoms with Gasteiger partial charge in [-0.2, -0.15) is 0 Å². The van der Waals surface area contributed by atoms with Crippen molar-refractivity contribution in [3.05, 3.63) is 11.1 Å². The zero-order valence-corrected chi connectivity index (χ0v) is 7.51. The van der Waals surface area contributed by atoms with Gasteiger partial charge in [0.15, 0.2) is 0 Å². The molecule has 0 fully saturated rings. The first-order valence-electron chi connectivity index (χ1n) is 3.13. The van der Waals surface area contributed by atoms with E-state index in [1.54, 1.807) is 21.0 Å². The average molecular weight is 174 g/mol. The summed E-state index contributed by atoms with van der Waals surface area (Å²) in [5.41, 5.74) is 0.536. The molecule has 5 heteroatoms. The maximum atomic E-state index is 11.2. The fraction of sp³-hybridized carbons (Fsp3) is 0.500. The van der Waals surface area contributed by atoms with Crippen LogP contribution in [0.5, 0.6) is 0 Å². The van der Waals surface area contributed by atoms with Crippen molar-refractivity contribution >= 4 is 15.0 Å². The third kappa shape index (κ3) is 1.42. The highest BCUT2D eigenvalue weighted by Gasteiger charge is 2.24. The molecule has 0 spiro atoms. The van der Waals surface area contributed by atoms with Crippen molar-refractivity contribution in [2.24, 2.45) is 4.99 Å². The predicted octanol–water partition coefficient (Wildman–Crippen LogP) is 0.194. The predicted molar refractivity (Wildman–Crippen MR) is 43.8 cm³/mol. The molecule has 1 heterocycles. The zero-order chi connectivity index (χ0) is 8.65. The van der Waals surface area contributed by atoms with E-state index in [1.165, 1.54) is 10.3 Å². The molecular weight excluding hydrogens is 164 g/mol. The minimum Gasteiger partial charge on any atom is -0.353 e. The number of hydrogen-bond donors (Lipinski definition) is 0. The van der Waals surface area contributed by atoms with E-state index < -0.39 is 9.84 Å². The molecule has 0 aromatic heterocycles. The fourth-order valence-corrected chi connectivity index (χ4v) is 2.26. The van der Waals surface area contributed by atoms with Crippen LogP contribution in [0.3, 0.4) is 0 Å². The van der Waals surface area contributed by atoms with Gasteiger partial charge in [0.05, 0.1) is 11.1 Å². The summed E-state index contributed by atoms with van der Waals surface area (Å²) < 4.78 is 22.3. The van der Waals surface area contributed by atoms with Gasteiger partial charge >= 0.3 is 0 Å². The number of hydrogen-bond acceptors (Lipinski definition) is 4. The van der Waals surface area contributed by atoms with Gasteiger partial charge in [-0.05, 0) is 6.92 Å². The quantitative estimate of drug-likeness (QED) is 0.527. The standard InChI is InChI=1S/C6H10N2O2S/c1-5-4-11(9,10)6(7-5)8(2)3/h4H,1-3H3. The second kappa shape index (κ2) is 2.34. The van der Waals surface area contributed by atoms with Crippen molar-refractivity contribution in [2.45, 2.75) is 6.92 Å². The van der Waals surface area contributed by atoms with Gasteiger partial charge < -0.3 is 4.90 Å². The molecule has 0 N–H and O–H groups in total. The molecule has 1 aliphatic rings. The van der Waals surface area contributed by atoms with Gasteiger partial charge in [0.2, 0.25) is 15.0 Å². The Labute approximate surface area is 66.1 Å². The molecule has 11 heavy (non-hydrogen) atoms. The van der Waals surface area contributed by atoms with Crippen LogP contribution in [0.1, 0.15) is 6.92 Å². The summed E-state index contributed by atoms with van der Waals surface area (Å²) in [5.74, 6) is 0. The third-order valence-electron chi connectivity index (χ3n) is 1.23. The van der Waals surface area contributed by atoms with Gasteiger partial charge in [0.25, 0.3) is 0 Å². The summed E-state index contributed by atoms with van der Waals surface area (Å²) in [4.78, 5) is 5.34. The van der Waals surface area contributed by atoms with Gasteiger partial charge in [0.1, 0.15) is 0 Å². The zero-order valence-electron chi connectivity index (χ0n) is 6.70. The molecule has 0 bridgehead atoms. The second-order valence-corrected chi connectivity index (χ2v) is 4.28. The Morgan fingerprint density at radius 3 is 2.18 bits per heavy atom. The summed E-state index contributed by atoms with van der Waals surface area (Å²) in [6.45, 7) is 1.66. The number of aliphatic imine (C=N–C) groups is 1. The Kier molecular flexibility index (Phi) is 1.75. The molecule has 0 saturated carbocycles. The Balaban J connectivity index is 3.15. The smallest absolute Gasteiger partial charge is 0.234 e. The maximum absolute atomic E-state index is 11.2. The van der Waals surface area contributed by atoms with Gasteiger partial charge in [0, 0.05) is 14.1 Å². The van der Waals surface area contributed by atoms with E-state index in [0.717, 1.165) is 0 Å². The SMILES string of the molecule is CC1=CS(=O)(=O)C(N(C)C)=N1. The van der Waals surface area contributed by atoms with Crippen molar-refractivity contribution < 1.29 is 8.42 Å². The average Bonchev–Trinajstić information content (AvgIpc) is 2.04. The number of rotatable bonds is 0. The molecule has 0 radical (unpaired) electrons. The minimum atomic E-state index is -3.22. The van der Waals surface area contributed by atoms with E-state index in [-0.39, 0.29) is 5.17 Å². The molecule has 1 rings (SSSR count). The largest absolute Gasteiger partial charge is 0.353 e. The van der Waals surface area contributed by atoms with Gasteiger partial charge in [-0.15, -0.1) is 0 Å². The summed E-state index contributed by atoms with van der Waals surface area (Å²) in [7, 11) is 0.0895. The summed E-state index contributed by atoms with van der Waals surface area (Å²) in [5, 5.41) is 1.29. The molecule has 0 aromatic carbocycles. The molecule has 4 nitrogen and oxygen atoms in total. The number of allylic oxidation sites excluding steroid dienone is 1. The lowest BCUT2D eigenvalue weighted by molar-refractivity contribution is 0.594. The van der Waals surface area contributed by atoms with E-state index in [9.17, 15) is 8.42 Å². The lowest BCUT2D eigenvalue weighted by Crippen LogP contribution is -2.26. The molecule has 0 aromatic rings. The molecular formula is C6H10N2O2S. The van der Waals surface area contributed by atoms with Crippen LogP contribution in [0.4, 0.5) is 0 Å². The lowest BCUT2D eigenvalue weighted by atomic mass is 10.6. The Morgan fingerprint density at radius 2 is 2.00 bits per heavy atom. The summed E-state index contributed by atoms with van der Waals surface area (Å²) in [6, 6.07) is 0. The van der Waals surface area contributed by atoms with Crippen molar-refractivity contribution in [2.75, 3.05) is 14.1 Å². The van der Waals surface area contributed by atoms with Gasteiger partial charge in [-0.1, -0.05) is 0 Å². The highest BCUT2D eigenvalue weighted by atomic mass is 32.2. The molecule has 0 aliphatic carbocycles.